The Kier molecular flexibility index (Phi) is 10.2. The van der Waals surface area contributed by atoms with E-state index in [1.807, 2.05) is 62.2 Å². The van der Waals surface area contributed by atoms with Crippen molar-refractivity contribution in [1.29, 1.82) is 0 Å². The van der Waals surface area contributed by atoms with Gasteiger partial charge in [0.1, 0.15) is 11.2 Å². The summed E-state index contributed by atoms with van der Waals surface area (Å²) in [5, 5.41) is 0. The predicted octanol–water partition coefficient (Wildman–Crippen LogP) is 6.47. The van der Waals surface area contributed by atoms with Crippen molar-refractivity contribution in [3.8, 4) is 12.3 Å². The number of piperazine rings is 1. The van der Waals surface area contributed by atoms with Crippen LogP contribution in [-0.4, -0.2) is 64.0 Å². The second kappa shape index (κ2) is 13.8. The molecule has 1 aliphatic heterocycles. The quantitative estimate of drug-likeness (QED) is 0.286. The van der Waals surface area contributed by atoms with Crippen molar-refractivity contribution in [3.63, 3.8) is 0 Å². The largest absolute Gasteiger partial charge is 0.444 e. The van der Waals surface area contributed by atoms with Gasteiger partial charge >= 0.3 is 6.09 Å². The zero-order valence-electron chi connectivity index (χ0n) is 24.9. The van der Waals surface area contributed by atoms with Gasteiger partial charge < -0.3 is 19.4 Å². The smallest absolute Gasteiger partial charge is 0.410 e. The van der Waals surface area contributed by atoms with E-state index in [0.29, 0.717) is 31.6 Å². The Balaban J connectivity index is 1.70. The number of terminal acetylenes is 1. The van der Waals surface area contributed by atoms with Crippen LogP contribution in [0.3, 0.4) is 0 Å². The fourth-order valence-corrected chi connectivity index (χ4v) is 6.16. The summed E-state index contributed by atoms with van der Waals surface area (Å²) >= 11 is 0. The Morgan fingerprint density at radius 1 is 1.12 bits per heavy atom. The van der Waals surface area contributed by atoms with E-state index in [9.17, 15) is 9.59 Å². The standard InChI is InChI=1S/C35H45N3O3/c1-6-31(32(28-19-13-9-14-20-28)37(7-2)29-21-15-10-16-22-29)33(39)38-24-23-36(34(40)41-35(3,4)5)26-30(38)25-27-17-11-8-12-18-27/h1,7-9,11-14,17-19,28-30H,2,10,15-16,20-26H2,3-5H3/b32-31+/t28?,30-/m1/s1. The van der Waals surface area contributed by atoms with Gasteiger partial charge in [-0.2, -0.15) is 0 Å². The Labute approximate surface area is 246 Å². The molecule has 1 saturated carbocycles. The van der Waals surface area contributed by atoms with Crippen LogP contribution in [0.4, 0.5) is 4.79 Å². The second-order valence-corrected chi connectivity index (χ2v) is 12.2. The van der Waals surface area contributed by atoms with E-state index in [4.69, 9.17) is 11.2 Å². The highest BCUT2D eigenvalue weighted by Gasteiger charge is 2.38. The van der Waals surface area contributed by atoms with E-state index >= 15 is 0 Å². The number of carbonyl (C=O) groups is 2. The third-order valence-electron chi connectivity index (χ3n) is 8.10. The van der Waals surface area contributed by atoms with Gasteiger partial charge in [0.25, 0.3) is 5.91 Å². The Hall–Kier alpha value is -3.72. The van der Waals surface area contributed by atoms with E-state index in [2.05, 4.69) is 41.7 Å². The number of hydrogen-bond donors (Lipinski definition) is 0. The van der Waals surface area contributed by atoms with E-state index < -0.39 is 5.60 Å². The van der Waals surface area contributed by atoms with Crippen LogP contribution in [0, 0.1) is 18.3 Å². The summed E-state index contributed by atoms with van der Waals surface area (Å²) in [6.45, 7) is 10.9. The molecule has 4 rings (SSSR count). The molecule has 1 unspecified atom stereocenters. The summed E-state index contributed by atoms with van der Waals surface area (Å²) in [6, 6.07) is 10.1. The number of amides is 2. The predicted molar refractivity (Wildman–Crippen MR) is 165 cm³/mol. The average Bonchev–Trinajstić information content (AvgIpc) is 2.97. The van der Waals surface area contributed by atoms with Crippen molar-refractivity contribution in [3.05, 3.63) is 84.2 Å². The van der Waals surface area contributed by atoms with Gasteiger partial charge in [-0.1, -0.05) is 86.4 Å². The molecule has 41 heavy (non-hydrogen) atoms. The maximum atomic E-state index is 14.5. The topological polar surface area (TPSA) is 53.1 Å². The lowest BCUT2D eigenvalue weighted by Gasteiger charge is -2.43. The molecule has 0 spiro atoms. The van der Waals surface area contributed by atoms with Crippen molar-refractivity contribution >= 4 is 12.0 Å². The van der Waals surface area contributed by atoms with Crippen LogP contribution in [0.15, 0.2) is 78.7 Å². The molecule has 3 aliphatic rings. The fraction of sp³-hybridized carbons (Fsp3) is 0.486. The Bertz CT molecular complexity index is 1210. The van der Waals surface area contributed by atoms with Gasteiger partial charge in [0.05, 0.1) is 6.04 Å². The first-order valence-corrected chi connectivity index (χ1v) is 15.0. The molecule has 1 saturated heterocycles. The third-order valence-corrected chi connectivity index (χ3v) is 8.10. The minimum absolute atomic E-state index is 0.00875. The lowest BCUT2D eigenvalue weighted by atomic mass is 9.88. The molecule has 2 aliphatic carbocycles. The lowest BCUT2D eigenvalue weighted by molar-refractivity contribution is -0.131. The van der Waals surface area contributed by atoms with E-state index in [0.717, 1.165) is 43.4 Å². The molecular weight excluding hydrogens is 510 g/mol. The monoisotopic (exact) mass is 555 g/mol. The van der Waals surface area contributed by atoms with Crippen LogP contribution < -0.4 is 0 Å². The summed E-state index contributed by atoms with van der Waals surface area (Å²) in [5.74, 6) is 2.67. The van der Waals surface area contributed by atoms with Crippen molar-refractivity contribution < 1.29 is 14.3 Å². The lowest BCUT2D eigenvalue weighted by Crippen LogP contribution is -2.58. The maximum absolute atomic E-state index is 14.5. The fourth-order valence-electron chi connectivity index (χ4n) is 6.16. The van der Waals surface area contributed by atoms with Gasteiger partial charge in [0.2, 0.25) is 0 Å². The van der Waals surface area contributed by atoms with Gasteiger partial charge in [-0.25, -0.2) is 4.79 Å². The zero-order valence-corrected chi connectivity index (χ0v) is 24.9. The van der Waals surface area contributed by atoms with Crippen molar-refractivity contribution in [2.24, 2.45) is 5.92 Å². The average molecular weight is 556 g/mol. The molecule has 2 atom stereocenters. The molecule has 0 aromatic heterocycles. The summed E-state index contributed by atoms with van der Waals surface area (Å²) in [4.78, 5) is 33.3. The van der Waals surface area contributed by atoms with Crippen molar-refractivity contribution in [2.75, 3.05) is 19.6 Å². The first-order chi connectivity index (χ1) is 19.7. The number of nitrogens with zero attached hydrogens (tertiary/aromatic N) is 3. The van der Waals surface area contributed by atoms with Gasteiger partial charge in [0, 0.05) is 37.3 Å². The highest BCUT2D eigenvalue weighted by atomic mass is 16.6. The molecular formula is C35H45N3O3. The molecule has 0 radical (unpaired) electrons. The molecule has 1 aromatic carbocycles. The van der Waals surface area contributed by atoms with Crippen LogP contribution in [-0.2, 0) is 16.0 Å². The van der Waals surface area contributed by atoms with Gasteiger partial charge in [-0.05, 0) is 58.2 Å². The number of ether oxygens (including phenoxy) is 1. The van der Waals surface area contributed by atoms with Gasteiger partial charge in [0.15, 0.2) is 0 Å². The molecule has 218 valence electrons. The molecule has 2 amide bonds. The van der Waals surface area contributed by atoms with Crippen LogP contribution in [0.5, 0.6) is 0 Å². The number of allylic oxidation sites excluding steroid dienone is 4. The molecule has 6 heteroatoms. The number of rotatable bonds is 7. The molecule has 2 fully saturated rings. The van der Waals surface area contributed by atoms with Crippen molar-refractivity contribution in [2.45, 2.75) is 83.4 Å². The normalized spacial score (nSPS) is 22.0. The molecule has 0 N–H and O–H groups in total. The third kappa shape index (κ3) is 7.73. The highest BCUT2D eigenvalue weighted by Crippen LogP contribution is 2.34. The van der Waals surface area contributed by atoms with Gasteiger partial charge in [-0.15, -0.1) is 6.42 Å². The minimum atomic E-state index is -0.595. The molecule has 1 aromatic rings. The summed E-state index contributed by atoms with van der Waals surface area (Å²) in [6.07, 6.45) is 23.1. The van der Waals surface area contributed by atoms with Crippen molar-refractivity contribution in [1.82, 2.24) is 14.7 Å². The second-order valence-electron chi connectivity index (χ2n) is 12.2. The first kappa shape index (κ1) is 30.2. The van der Waals surface area contributed by atoms with E-state index in [1.165, 1.54) is 6.42 Å². The summed E-state index contributed by atoms with van der Waals surface area (Å²) in [7, 11) is 0. The number of benzene rings is 1. The minimum Gasteiger partial charge on any atom is -0.444 e. The number of hydrogen-bond acceptors (Lipinski definition) is 4. The molecule has 6 nitrogen and oxygen atoms in total. The molecule has 1 heterocycles. The maximum Gasteiger partial charge on any atom is 0.410 e. The van der Waals surface area contributed by atoms with Crippen LogP contribution in [0.25, 0.3) is 0 Å². The first-order valence-electron chi connectivity index (χ1n) is 15.0. The highest BCUT2D eigenvalue weighted by molar-refractivity contribution is 5.99. The molecule has 0 bridgehead atoms. The van der Waals surface area contributed by atoms with Crippen LogP contribution in [0.1, 0.15) is 64.9 Å². The van der Waals surface area contributed by atoms with Crippen LogP contribution in [0.2, 0.25) is 0 Å². The van der Waals surface area contributed by atoms with E-state index in [-0.39, 0.29) is 30.0 Å². The summed E-state index contributed by atoms with van der Waals surface area (Å²) < 4.78 is 5.68. The Morgan fingerprint density at radius 2 is 1.85 bits per heavy atom. The zero-order chi connectivity index (χ0) is 29.4. The van der Waals surface area contributed by atoms with Gasteiger partial charge in [-0.3, -0.25) is 4.79 Å². The van der Waals surface area contributed by atoms with Crippen LogP contribution >= 0.6 is 0 Å². The van der Waals surface area contributed by atoms with E-state index in [1.54, 1.807) is 4.90 Å². The number of carbonyl (C=O) groups excluding carboxylic acids is 2. The SMILES string of the molecule is C#C/C(C(=O)N1CCN(C(=O)OC(C)(C)C)C[C@H]1Cc1ccccc1)=C(/C1C=CC=CC1)N(C=C)C1CCCCC1. The summed E-state index contributed by atoms with van der Waals surface area (Å²) in [5.41, 5.74) is 1.77. The Morgan fingerprint density at radius 3 is 2.46 bits per heavy atom.